The van der Waals surface area contributed by atoms with E-state index < -0.39 is 0 Å². The maximum absolute atomic E-state index is 13.2. The standard InChI is InChI=1S/C28H27O3S.C24H18O2S.C18H14FS.C10H14O3.4ClH.Na.H/c1-3-29-22(2)30-23-14-16-24(17-15-23)31-25-18-20-28(21-19-25)32(26-10-6-4-7-11-26)27-12-8-5-9-13-27;25-19-11-13-20(14-12-19)26-21-15-17-24(18-16-21)27(22-7-3-1-4-8-22)23-9-5-2-6-10-23;19-15-11-13-18(14-12-15)20(16-7-3-1-4-8-16)17-9-5-2-6-10-17;1-3-12-8(2)13-10-6-4-9(11)5-7-10;;;;;;/h4-22H,3H2,1-2H3;1-18H;1-14H;4-8,11H,3H2,1-2H3;4*1H;;/q+1;;+1;;;;;;+1;-1/p-2. The molecule has 0 fully saturated rings. The molecule has 0 aliphatic carbocycles. The first-order chi connectivity index (χ1) is 45.1. The number of aromatic hydroxyl groups is 2. The topological polar surface area (TPSA) is 95.8 Å². The van der Waals surface area contributed by atoms with Crippen LogP contribution in [0, 0.1) is 5.82 Å². The fourth-order valence-electron chi connectivity index (χ4n) is 9.24. The summed E-state index contributed by atoms with van der Waals surface area (Å²) < 4.78 is 46.8. The minimum absolute atomic E-state index is 0. The van der Waals surface area contributed by atoms with Gasteiger partial charge in [0.05, 0.1) is 32.7 Å². The molecule has 12 aromatic carbocycles. The van der Waals surface area contributed by atoms with E-state index in [0.29, 0.717) is 24.7 Å². The molecule has 97 heavy (non-hydrogen) atoms. The first-order valence-corrected chi connectivity index (χ1v) is 33.9. The Bertz CT molecular complexity index is 3900. The number of phenolic OH excluding ortho intramolecular Hbond substituents is 2. The number of phenols is 2. The van der Waals surface area contributed by atoms with Crippen molar-refractivity contribution in [3.63, 3.8) is 0 Å². The van der Waals surface area contributed by atoms with Crippen LogP contribution in [0.2, 0.25) is 0 Å². The predicted molar refractivity (Wildman–Crippen MR) is 379 cm³/mol. The summed E-state index contributed by atoms with van der Waals surface area (Å²) in [7, 11) is -0.515. The molecule has 8 nitrogen and oxygen atoms in total. The summed E-state index contributed by atoms with van der Waals surface area (Å²) >= 11 is 0. The summed E-state index contributed by atoms with van der Waals surface area (Å²) in [6, 6.07) is 107. The van der Waals surface area contributed by atoms with Gasteiger partial charge in [-0.25, -0.2) is 4.39 Å². The van der Waals surface area contributed by atoms with E-state index in [1.54, 1.807) is 48.5 Å². The summed E-state index contributed by atoms with van der Waals surface area (Å²) in [5, 5.41) is 18.4. The fraction of sp³-hybridized carbons (Fsp3) is 0.100. The van der Waals surface area contributed by atoms with Crippen LogP contribution < -0.4 is 85.7 Å². The smallest absolute Gasteiger partial charge is 1.00 e. The molecule has 2 atom stereocenters. The second-order valence-corrected chi connectivity index (χ2v) is 26.2. The van der Waals surface area contributed by atoms with E-state index in [-0.39, 0.29) is 143 Å². The Hall–Kier alpha value is -7.50. The van der Waals surface area contributed by atoms with Crippen LogP contribution in [-0.4, -0.2) is 36.0 Å². The number of hydrogen-bond donors (Lipinski definition) is 2. The number of hydrogen-bond acceptors (Lipinski definition) is 8. The first kappa shape index (κ1) is 81.9. The molecule has 0 aromatic heterocycles. The number of ether oxygens (including phenoxy) is 6. The van der Waals surface area contributed by atoms with E-state index in [1.165, 1.54) is 51.3 Å². The van der Waals surface area contributed by atoms with Crippen LogP contribution >= 0.6 is 12.4 Å². The molecule has 2 N–H and O–H groups in total. The van der Waals surface area contributed by atoms with E-state index in [1.807, 2.05) is 137 Å². The van der Waals surface area contributed by atoms with Crippen molar-refractivity contribution < 1.29 is 111 Å². The van der Waals surface area contributed by atoms with Crippen molar-refractivity contribution in [2.45, 2.75) is 84.3 Å². The molecule has 0 bridgehead atoms. The normalized spacial score (nSPS) is 10.8. The zero-order chi connectivity index (χ0) is 64.1. The molecular weight excluding hydrogens is 1370 g/mol. The molecule has 12 aromatic rings. The molecule has 498 valence electrons. The first-order valence-electron chi connectivity index (χ1n) is 30.2. The van der Waals surface area contributed by atoms with Crippen LogP contribution in [-0.2, 0) is 42.2 Å². The Morgan fingerprint density at radius 1 is 0.299 bits per heavy atom. The molecular formula is C80H76Cl4FNaO8S3. The molecule has 0 amide bonds. The summed E-state index contributed by atoms with van der Waals surface area (Å²) in [5.41, 5.74) is 0. The number of benzene rings is 12. The zero-order valence-electron chi connectivity index (χ0n) is 55.2. The monoisotopic (exact) mass is 1440 g/mol. The van der Waals surface area contributed by atoms with Crippen molar-refractivity contribution in [2.24, 2.45) is 0 Å². The maximum atomic E-state index is 13.2. The zero-order valence-corrected chi connectivity index (χ0v) is 61.8. The third-order valence-corrected chi connectivity index (χ3v) is 20.1. The van der Waals surface area contributed by atoms with Crippen molar-refractivity contribution in [2.75, 3.05) is 13.2 Å². The van der Waals surface area contributed by atoms with E-state index >= 15 is 0 Å². The molecule has 0 saturated carbocycles. The van der Waals surface area contributed by atoms with Gasteiger partial charge in [0.1, 0.15) is 51.8 Å². The summed E-state index contributed by atoms with van der Waals surface area (Å²) in [6.07, 6.45) is -0.531. The Kier molecular flexibility index (Phi) is 37.5. The van der Waals surface area contributed by atoms with Gasteiger partial charge < -0.3 is 77.3 Å². The largest absolute Gasteiger partial charge is 1.00 e. The minimum atomic E-state index is -0.276. The molecule has 2 unspecified atom stereocenters. The van der Waals surface area contributed by atoms with Gasteiger partial charge in [-0.2, -0.15) is 0 Å². The Labute approximate surface area is 627 Å². The molecule has 0 aliphatic heterocycles. The fourth-order valence-corrected chi connectivity index (χ4v) is 15.5. The van der Waals surface area contributed by atoms with Gasteiger partial charge in [0.25, 0.3) is 0 Å². The van der Waals surface area contributed by atoms with Crippen LogP contribution in [0.25, 0.3) is 0 Å². The average Bonchev–Trinajstić information content (AvgIpc) is 0.839. The van der Waals surface area contributed by atoms with Crippen LogP contribution in [0.5, 0.6) is 46.0 Å². The van der Waals surface area contributed by atoms with Gasteiger partial charge in [-0.1, -0.05) is 109 Å². The van der Waals surface area contributed by atoms with Gasteiger partial charge in [-0.15, -0.1) is 12.4 Å². The summed E-state index contributed by atoms with van der Waals surface area (Å²) in [6.45, 7) is 8.82. The van der Waals surface area contributed by atoms with Crippen LogP contribution in [0.4, 0.5) is 4.39 Å². The SMILES string of the molecule is CCOC(C)Oc1ccc(O)cc1.CCOC(C)Oc1ccc(Oc2ccc([S+](c3ccccc3)c3ccccc3)cc2)cc1.Cl.Fc1ccc([S+](c2ccccc2)c2ccccc2)cc1.Oc1ccc(Oc2ccc([S+](c3ccccc3)c3ccccc3)cc2)cc1.[Cl-].[Cl-].[Cl-].[H-].[Na+]. The van der Waals surface area contributed by atoms with Crippen LogP contribution in [0.3, 0.4) is 0 Å². The van der Waals surface area contributed by atoms with Gasteiger partial charge in [-0.05, 0) is 246 Å². The summed E-state index contributed by atoms with van der Waals surface area (Å²) in [5.74, 6) is 4.75. The quantitative estimate of drug-likeness (QED) is 0.0418. The van der Waals surface area contributed by atoms with Crippen molar-refractivity contribution in [1.82, 2.24) is 0 Å². The minimum Gasteiger partial charge on any atom is -1.00 e. The van der Waals surface area contributed by atoms with Gasteiger partial charge in [0.15, 0.2) is 56.6 Å². The second kappa shape index (κ2) is 44.4. The molecule has 0 saturated heterocycles. The van der Waals surface area contributed by atoms with E-state index in [9.17, 15) is 9.50 Å². The third kappa shape index (κ3) is 26.4. The Morgan fingerprint density at radius 3 is 0.722 bits per heavy atom. The van der Waals surface area contributed by atoms with Crippen molar-refractivity contribution in [3.8, 4) is 46.0 Å². The molecule has 17 heteroatoms. The van der Waals surface area contributed by atoms with Crippen molar-refractivity contribution in [1.29, 1.82) is 0 Å². The third-order valence-electron chi connectivity index (χ3n) is 13.4. The molecule has 0 heterocycles. The van der Waals surface area contributed by atoms with Crippen LogP contribution in [0.15, 0.2) is 372 Å². The van der Waals surface area contributed by atoms with E-state index in [2.05, 4.69) is 158 Å². The molecule has 0 spiro atoms. The van der Waals surface area contributed by atoms with Gasteiger partial charge in [-0.3, -0.25) is 0 Å². The second-order valence-electron chi connectivity index (χ2n) is 20.1. The number of halogens is 5. The molecule has 0 radical (unpaired) electrons. The molecule has 12 rings (SSSR count). The van der Waals surface area contributed by atoms with Crippen LogP contribution in [0.1, 0.15) is 29.1 Å². The maximum Gasteiger partial charge on any atom is 1.00 e. The van der Waals surface area contributed by atoms with Gasteiger partial charge in [0.2, 0.25) is 0 Å². The number of rotatable bonds is 21. The van der Waals surface area contributed by atoms with Gasteiger partial charge >= 0.3 is 29.6 Å². The average molecular weight is 1450 g/mol. The van der Waals surface area contributed by atoms with Crippen molar-refractivity contribution in [3.05, 3.63) is 333 Å². The Balaban J connectivity index is 0.000000347. The molecule has 0 aliphatic rings. The predicted octanol–water partition coefficient (Wildman–Crippen LogP) is 9.24. The van der Waals surface area contributed by atoms with E-state index in [0.717, 1.165) is 27.9 Å². The van der Waals surface area contributed by atoms with Gasteiger partial charge in [0, 0.05) is 13.2 Å². The van der Waals surface area contributed by atoms with Crippen molar-refractivity contribution >= 4 is 45.1 Å². The summed E-state index contributed by atoms with van der Waals surface area (Å²) in [4.78, 5) is 11.3. The van der Waals surface area contributed by atoms with E-state index in [4.69, 9.17) is 33.5 Å². The Morgan fingerprint density at radius 2 is 0.485 bits per heavy atom.